The quantitative estimate of drug-likeness (QED) is 0.474. The Kier molecular flexibility index (Phi) is 6.52. The minimum absolute atomic E-state index is 0.0534. The van der Waals surface area contributed by atoms with Gasteiger partial charge >= 0.3 is 6.18 Å². The van der Waals surface area contributed by atoms with Gasteiger partial charge in [0.15, 0.2) is 0 Å². The molecule has 180 valence electrons. The predicted molar refractivity (Wildman–Crippen MR) is 118 cm³/mol. The van der Waals surface area contributed by atoms with E-state index in [9.17, 15) is 27.6 Å². The van der Waals surface area contributed by atoms with Crippen LogP contribution in [-0.2, 0) is 6.18 Å². The number of hydrogen-bond acceptors (Lipinski definition) is 5. The fourth-order valence-corrected chi connectivity index (χ4v) is 4.49. The lowest BCUT2D eigenvalue weighted by Crippen LogP contribution is -2.44. The summed E-state index contributed by atoms with van der Waals surface area (Å²) in [5.41, 5.74) is -0.777. The van der Waals surface area contributed by atoms with Crippen LogP contribution >= 0.6 is 0 Å². The Bertz CT molecular complexity index is 1260. The summed E-state index contributed by atoms with van der Waals surface area (Å²) in [6, 6.07) is 9.61. The molecule has 0 unspecified atom stereocenters. The van der Waals surface area contributed by atoms with E-state index in [2.05, 4.69) is 21.0 Å². The molecule has 1 atom stereocenters. The topological polar surface area (TPSA) is 82.8 Å². The summed E-state index contributed by atoms with van der Waals surface area (Å²) in [6.07, 6.45) is 0.320. The third kappa shape index (κ3) is 4.71. The zero-order valence-corrected chi connectivity index (χ0v) is 18.8. The van der Waals surface area contributed by atoms with E-state index in [0.29, 0.717) is 23.0 Å². The van der Waals surface area contributed by atoms with Crippen LogP contribution in [0.25, 0.3) is 11.4 Å². The third-order valence-electron chi connectivity index (χ3n) is 6.65. The standard InChI is InChI=1S/C25H21F4N5O/c1-16(18-5-4-17(13-20(18)26)25(27,28)29)24(14-30)7-11-34(12-8-24)23(35)19-3-2-9-32-22(19)21-6-10-31-15-33-21/h2-6,9-10,13,15-16H,7-8,11-12H2,1H3/t16-/m0/s1. The lowest BCUT2D eigenvalue weighted by molar-refractivity contribution is -0.137. The highest BCUT2D eigenvalue weighted by molar-refractivity contribution is 5.99. The molecule has 0 radical (unpaired) electrons. The van der Waals surface area contributed by atoms with Gasteiger partial charge in [0.2, 0.25) is 0 Å². The van der Waals surface area contributed by atoms with Gasteiger partial charge in [0.25, 0.3) is 5.91 Å². The van der Waals surface area contributed by atoms with Crippen molar-refractivity contribution in [3.63, 3.8) is 0 Å². The Hall–Kier alpha value is -3.87. The van der Waals surface area contributed by atoms with Crippen LogP contribution in [0.5, 0.6) is 0 Å². The summed E-state index contributed by atoms with van der Waals surface area (Å²) in [5.74, 6) is -1.93. The highest BCUT2D eigenvalue weighted by atomic mass is 19.4. The number of nitrogens with zero attached hydrogens (tertiary/aromatic N) is 5. The molecule has 0 N–H and O–H groups in total. The molecule has 3 aromatic rings. The molecule has 1 aromatic carbocycles. The maximum atomic E-state index is 14.6. The van der Waals surface area contributed by atoms with Crippen LogP contribution in [0.15, 0.2) is 55.1 Å². The fourth-order valence-electron chi connectivity index (χ4n) is 4.49. The highest BCUT2D eigenvalue weighted by Gasteiger charge is 2.43. The van der Waals surface area contributed by atoms with Gasteiger partial charge in [-0.1, -0.05) is 13.0 Å². The van der Waals surface area contributed by atoms with Crippen molar-refractivity contribution < 1.29 is 22.4 Å². The normalized spacial score (nSPS) is 16.4. The molecule has 1 saturated heterocycles. The van der Waals surface area contributed by atoms with Crippen LogP contribution in [0.2, 0.25) is 0 Å². The van der Waals surface area contributed by atoms with Gasteiger partial charge in [-0.2, -0.15) is 18.4 Å². The van der Waals surface area contributed by atoms with Crippen molar-refractivity contribution in [2.24, 2.45) is 5.41 Å². The number of pyridine rings is 1. The first-order chi connectivity index (χ1) is 16.7. The second-order valence-corrected chi connectivity index (χ2v) is 8.51. The monoisotopic (exact) mass is 483 g/mol. The molecule has 0 aliphatic carbocycles. The zero-order chi connectivity index (χ0) is 25.2. The molecular weight excluding hydrogens is 462 g/mol. The molecule has 0 saturated carbocycles. The first-order valence-electron chi connectivity index (χ1n) is 10.9. The molecule has 1 aliphatic heterocycles. The van der Waals surface area contributed by atoms with Gasteiger partial charge in [0, 0.05) is 31.4 Å². The SMILES string of the molecule is C[C@@H](c1ccc(C(F)(F)F)cc1F)C1(C#N)CCN(C(=O)c2cccnc2-c2ccncn2)CC1. The second kappa shape index (κ2) is 9.41. The highest BCUT2D eigenvalue weighted by Crippen LogP contribution is 2.45. The van der Waals surface area contributed by atoms with Gasteiger partial charge in [0.1, 0.15) is 17.8 Å². The molecule has 1 aliphatic rings. The van der Waals surface area contributed by atoms with E-state index < -0.39 is 28.9 Å². The maximum Gasteiger partial charge on any atom is 0.416 e. The number of piperidine rings is 1. The van der Waals surface area contributed by atoms with E-state index in [1.54, 1.807) is 42.4 Å². The summed E-state index contributed by atoms with van der Waals surface area (Å²) in [5, 5.41) is 10.0. The number of amides is 1. The smallest absolute Gasteiger partial charge is 0.338 e. The lowest BCUT2D eigenvalue weighted by atomic mass is 9.67. The number of alkyl halides is 3. The van der Waals surface area contributed by atoms with Gasteiger partial charge in [-0.05, 0) is 48.7 Å². The zero-order valence-electron chi connectivity index (χ0n) is 18.8. The van der Waals surface area contributed by atoms with Crippen molar-refractivity contribution in [3.05, 3.63) is 77.6 Å². The number of benzene rings is 1. The van der Waals surface area contributed by atoms with E-state index >= 15 is 0 Å². The number of likely N-dealkylation sites (tertiary alicyclic amines) is 1. The van der Waals surface area contributed by atoms with Crippen molar-refractivity contribution in [1.82, 2.24) is 19.9 Å². The maximum absolute atomic E-state index is 14.6. The Morgan fingerprint density at radius 3 is 2.49 bits per heavy atom. The van der Waals surface area contributed by atoms with Crippen molar-refractivity contribution >= 4 is 5.91 Å². The third-order valence-corrected chi connectivity index (χ3v) is 6.65. The summed E-state index contributed by atoms with van der Waals surface area (Å²) in [6.45, 7) is 2.11. The van der Waals surface area contributed by atoms with Gasteiger partial charge in [-0.3, -0.25) is 9.78 Å². The minimum atomic E-state index is -4.65. The molecule has 1 fully saturated rings. The van der Waals surface area contributed by atoms with E-state index in [4.69, 9.17) is 0 Å². The first-order valence-corrected chi connectivity index (χ1v) is 10.9. The number of hydrogen-bond donors (Lipinski definition) is 0. The second-order valence-electron chi connectivity index (χ2n) is 8.51. The molecule has 4 rings (SSSR count). The fraction of sp³-hybridized carbons (Fsp3) is 0.320. The molecule has 2 aromatic heterocycles. The molecule has 6 nitrogen and oxygen atoms in total. The van der Waals surface area contributed by atoms with Crippen LogP contribution in [0.4, 0.5) is 17.6 Å². The number of aromatic nitrogens is 3. The molecule has 0 bridgehead atoms. The first kappa shape index (κ1) is 24.3. The number of carbonyl (C=O) groups excluding carboxylic acids is 1. The molecule has 10 heteroatoms. The van der Waals surface area contributed by atoms with Crippen molar-refractivity contribution in [1.29, 1.82) is 5.26 Å². The van der Waals surface area contributed by atoms with Crippen molar-refractivity contribution in [2.45, 2.75) is 31.9 Å². The molecule has 0 spiro atoms. The lowest BCUT2D eigenvalue weighted by Gasteiger charge is -2.41. The van der Waals surface area contributed by atoms with E-state index in [1.807, 2.05) is 0 Å². The average molecular weight is 483 g/mol. The van der Waals surface area contributed by atoms with Crippen LogP contribution < -0.4 is 0 Å². The van der Waals surface area contributed by atoms with Crippen LogP contribution in [-0.4, -0.2) is 38.8 Å². The Morgan fingerprint density at radius 1 is 1.14 bits per heavy atom. The average Bonchev–Trinajstić information content (AvgIpc) is 2.88. The summed E-state index contributed by atoms with van der Waals surface area (Å²) in [7, 11) is 0. The largest absolute Gasteiger partial charge is 0.416 e. The van der Waals surface area contributed by atoms with Gasteiger partial charge in [0.05, 0.1) is 28.3 Å². The van der Waals surface area contributed by atoms with Crippen molar-refractivity contribution in [2.75, 3.05) is 13.1 Å². The predicted octanol–water partition coefficient (Wildman–Crippen LogP) is 5.25. The Labute approximate surface area is 199 Å². The Balaban J connectivity index is 1.54. The van der Waals surface area contributed by atoms with Crippen LogP contribution in [0.3, 0.4) is 0 Å². The number of carbonyl (C=O) groups is 1. The number of halogens is 4. The van der Waals surface area contributed by atoms with Crippen molar-refractivity contribution in [3.8, 4) is 17.5 Å². The summed E-state index contributed by atoms with van der Waals surface area (Å²) in [4.78, 5) is 27.3. The molecular formula is C25H21F4N5O. The van der Waals surface area contributed by atoms with E-state index in [-0.39, 0.29) is 37.4 Å². The van der Waals surface area contributed by atoms with Gasteiger partial charge in [-0.25, -0.2) is 14.4 Å². The number of rotatable bonds is 4. The minimum Gasteiger partial charge on any atom is -0.338 e. The van der Waals surface area contributed by atoms with Crippen LogP contribution in [0, 0.1) is 22.6 Å². The molecule has 35 heavy (non-hydrogen) atoms. The summed E-state index contributed by atoms with van der Waals surface area (Å²) >= 11 is 0. The summed E-state index contributed by atoms with van der Waals surface area (Å²) < 4.78 is 53.4. The molecule has 3 heterocycles. The van der Waals surface area contributed by atoms with E-state index in [1.165, 1.54) is 6.33 Å². The van der Waals surface area contributed by atoms with E-state index in [0.717, 1.165) is 12.1 Å². The Morgan fingerprint density at radius 2 is 1.89 bits per heavy atom. The van der Waals surface area contributed by atoms with Gasteiger partial charge < -0.3 is 4.90 Å². The van der Waals surface area contributed by atoms with Gasteiger partial charge in [-0.15, -0.1) is 0 Å². The number of nitriles is 1. The molecule has 1 amide bonds. The van der Waals surface area contributed by atoms with Crippen LogP contribution in [0.1, 0.15) is 47.2 Å².